The van der Waals surface area contributed by atoms with Crippen LogP contribution in [0.3, 0.4) is 0 Å². The van der Waals surface area contributed by atoms with Crippen LogP contribution in [0.1, 0.15) is 22.0 Å². The van der Waals surface area contributed by atoms with Gasteiger partial charge in [0.1, 0.15) is 5.56 Å². The first kappa shape index (κ1) is 18.8. The number of amides is 1. The molecule has 3 aromatic rings. The summed E-state index contributed by atoms with van der Waals surface area (Å²) in [5.74, 6) is -0.498. The Labute approximate surface area is 167 Å². The first-order valence-electron chi connectivity index (χ1n) is 8.28. The molecule has 0 saturated carbocycles. The highest BCUT2D eigenvalue weighted by Gasteiger charge is 2.44. The lowest BCUT2D eigenvalue weighted by Crippen LogP contribution is -3.00. The summed E-state index contributed by atoms with van der Waals surface area (Å²) in [5, 5.41) is 0. The average molecular weight is 425 g/mol. The molecule has 0 radical (unpaired) electrons. The predicted octanol–water partition coefficient (Wildman–Crippen LogP) is 0.0324. The molecule has 1 atom stereocenters. The van der Waals surface area contributed by atoms with Crippen molar-refractivity contribution in [1.29, 1.82) is 0 Å². The zero-order valence-corrected chi connectivity index (χ0v) is 16.2. The molecule has 1 aromatic heterocycles. The van der Waals surface area contributed by atoms with E-state index < -0.39 is 12.0 Å². The maximum atomic E-state index is 13.3. The summed E-state index contributed by atoms with van der Waals surface area (Å²) in [6.07, 6.45) is 3.44. The summed E-state index contributed by atoms with van der Waals surface area (Å²) in [6, 6.07) is 20.1. The molecule has 1 aliphatic heterocycles. The Bertz CT molecular complexity index is 991. The van der Waals surface area contributed by atoms with E-state index in [0.717, 1.165) is 16.9 Å². The van der Waals surface area contributed by atoms with Crippen LogP contribution in [0.25, 0.3) is 0 Å². The van der Waals surface area contributed by atoms with Crippen molar-refractivity contribution in [2.45, 2.75) is 6.04 Å². The van der Waals surface area contributed by atoms with Gasteiger partial charge in [-0.15, -0.1) is 0 Å². The van der Waals surface area contributed by atoms with Crippen LogP contribution < -0.4 is 26.4 Å². The van der Waals surface area contributed by atoms with Crippen LogP contribution in [0.2, 0.25) is 0 Å². The van der Waals surface area contributed by atoms with Gasteiger partial charge >= 0.3 is 11.9 Å². The quantitative estimate of drug-likeness (QED) is 0.440. The van der Waals surface area contributed by atoms with Gasteiger partial charge in [-0.2, -0.15) is 4.57 Å². The third-order valence-electron chi connectivity index (χ3n) is 4.48. The highest BCUT2D eigenvalue weighted by atomic mass is 79.9. The molecule has 136 valence electrons. The number of pyridine rings is 1. The summed E-state index contributed by atoms with van der Waals surface area (Å²) < 4.78 is 6.55. The molecule has 0 bridgehead atoms. The summed E-state index contributed by atoms with van der Waals surface area (Å²) in [5.41, 5.74) is 2.97. The number of anilines is 2. The van der Waals surface area contributed by atoms with E-state index in [-0.39, 0.29) is 22.9 Å². The predicted molar refractivity (Wildman–Crippen MR) is 96.1 cm³/mol. The highest BCUT2D eigenvalue weighted by Crippen LogP contribution is 2.40. The van der Waals surface area contributed by atoms with Gasteiger partial charge in [-0.1, -0.05) is 30.3 Å². The number of halogens is 1. The fraction of sp³-hybridized carbons (Fsp3) is 0.0952. The van der Waals surface area contributed by atoms with Crippen LogP contribution in [0.5, 0.6) is 0 Å². The van der Waals surface area contributed by atoms with Crippen LogP contribution in [0, 0.1) is 0 Å². The lowest BCUT2D eigenvalue weighted by atomic mass is 10.1. The summed E-state index contributed by atoms with van der Waals surface area (Å²) in [6.45, 7) is 0. The van der Waals surface area contributed by atoms with Crippen molar-refractivity contribution in [2.24, 2.45) is 0 Å². The van der Waals surface area contributed by atoms with Gasteiger partial charge in [-0.25, -0.2) is 4.79 Å². The van der Waals surface area contributed by atoms with E-state index >= 15 is 0 Å². The van der Waals surface area contributed by atoms with E-state index in [9.17, 15) is 9.59 Å². The molecule has 1 amide bonds. The Morgan fingerprint density at radius 2 is 1.70 bits per heavy atom. The zero-order chi connectivity index (χ0) is 18.1. The second kappa shape index (κ2) is 7.72. The number of ether oxygens (including phenoxy) is 1. The number of hydrogen-bond donors (Lipinski definition) is 0. The molecule has 0 aliphatic carbocycles. The monoisotopic (exact) mass is 424 g/mol. The normalized spacial score (nSPS) is 15.1. The summed E-state index contributed by atoms with van der Waals surface area (Å²) >= 11 is 0. The van der Waals surface area contributed by atoms with Crippen molar-refractivity contribution in [1.82, 2.24) is 0 Å². The van der Waals surface area contributed by atoms with Crippen molar-refractivity contribution in [2.75, 3.05) is 12.0 Å². The number of para-hydroxylation sites is 2. The average Bonchev–Trinajstić information content (AvgIpc) is 3.00. The fourth-order valence-corrected chi connectivity index (χ4v) is 3.32. The van der Waals surface area contributed by atoms with E-state index in [1.54, 1.807) is 34.0 Å². The van der Waals surface area contributed by atoms with Gasteiger partial charge < -0.3 is 21.7 Å². The smallest absolute Gasteiger partial charge is 0.343 e. The molecule has 27 heavy (non-hydrogen) atoms. The molecule has 0 spiro atoms. The van der Waals surface area contributed by atoms with Crippen LogP contribution in [-0.2, 0) is 9.53 Å². The van der Waals surface area contributed by atoms with Crippen LogP contribution in [0.15, 0.2) is 79.1 Å². The lowest BCUT2D eigenvalue weighted by Gasteiger charge is -2.16. The molecule has 2 heterocycles. The molecule has 1 unspecified atom stereocenters. The van der Waals surface area contributed by atoms with Crippen molar-refractivity contribution < 1.29 is 35.9 Å². The maximum Gasteiger partial charge on any atom is 0.343 e. The van der Waals surface area contributed by atoms with Crippen LogP contribution >= 0.6 is 0 Å². The fourth-order valence-electron chi connectivity index (χ4n) is 3.32. The Balaban J connectivity index is 0.00000210. The zero-order valence-electron chi connectivity index (χ0n) is 14.6. The van der Waals surface area contributed by atoms with Crippen LogP contribution in [-0.4, -0.2) is 19.0 Å². The third kappa shape index (κ3) is 3.24. The largest absolute Gasteiger partial charge is 1.00 e. The molecule has 0 N–H and O–H groups in total. The minimum absolute atomic E-state index is 0. The standard InChI is InChI=1S/C21H17N2O3.BrH/c1-26-21(25)15-8-7-13-22(14-15)19-17-11-5-6-12-18(17)23(20(19)24)16-9-3-2-4-10-16;/h2-14,19H,1H3;1H/q+1;/p-1. The number of carbonyl (C=O) groups excluding carboxylic acids is 2. The van der Waals surface area contributed by atoms with Gasteiger partial charge in [0.05, 0.1) is 18.4 Å². The summed E-state index contributed by atoms with van der Waals surface area (Å²) in [7, 11) is 1.34. The molecule has 2 aromatic carbocycles. The first-order valence-corrected chi connectivity index (χ1v) is 8.28. The number of methoxy groups -OCH3 is 1. The van der Waals surface area contributed by atoms with Gasteiger partial charge in [-0.05, 0) is 30.3 Å². The van der Waals surface area contributed by atoms with E-state index in [4.69, 9.17) is 4.74 Å². The Kier molecular flexibility index (Phi) is 5.37. The van der Waals surface area contributed by atoms with Crippen molar-refractivity contribution in [3.05, 3.63) is 90.3 Å². The highest BCUT2D eigenvalue weighted by molar-refractivity contribution is 6.09. The van der Waals surface area contributed by atoms with Gasteiger partial charge in [0.25, 0.3) is 6.04 Å². The lowest BCUT2D eigenvalue weighted by molar-refractivity contribution is -0.699. The number of nitrogens with zero attached hydrogens (tertiary/aromatic N) is 2. The van der Waals surface area contributed by atoms with Gasteiger partial charge in [0.2, 0.25) is 0 Å². The minimum atomic E-state index is -0.531. The molecule has 0 fully saturated rings. The number of carbonyl (C=O) groups is 2. The third-order valence-corrected chi connectivity index (χ3v) is 4.48. The van der Waals surface area contributed by atoms with Gasteiger partial charge in [0.15, 0.2) is 12.4 Å². The topological polar surface area (TPSA) is 50.5 Å². The van der Waals surface area contributed by atoms with E-state index in [1.165, 1.54) is 7.11 Å². The molecule has 4 rings (SSSR count). The second-order valence-electron chi connectivity index (χ2n) is 6.00. The molecule has 0 saturated heterocycles. The second-order valence-corrected chi connectivity index (χ2v) is 6.00. The van der Waals surface area contributed by atoms with Crippen molar-refractivity contribution in [3.63, 3.8) is 0 Å². The Hall–Kier alpha value is -2.99. The molecule has 1 aliphatic rings. The summed E-state index contributed by atoms with van der Waals surface area (Å²) in [4.78, 5) is 26.9. The molecular weight excluding hydrogens is 408 g/mol. The number of rotatable bonds is 3. The molecule has 6 heteroatoms. The van der Waals surface area contributed by atoms with E-state index in [0.29, 0.717) is 5.56 Å². The van der Waals surface area contributed by atoms with Crippen molar-refractivity contribution in [3.8, 4) is 0 Å². The van der Waals surface area contributed by atoms with E-state index in [2.05, 4.69) is 0 Å². The first-order chi connectivity index (χ1) is 12.7. The van der Waals surface area contributed by atoms with Gasteiger partial charge in [0, 0.05) is 11.8 Å². The van der Waals surface area contributed by atoms with Crippen LogP contribution in [0.4, 0.5) is 11.4 Å². The molecule has 5 nitrogen and oxygen atoms in total. The van der Waals surface area contributed by atoms with Crippen molar-refractivity contribution >= 4 is 23.3 Å². The number of esters is 1. The minimum Gasteiger partial charge on any atom is -1.00 e. The Morgan fingerprint density at radius 1 is 1.00 bits per heavy atom. The van der Waals surface area contributed by atoms with E-state index in [1.807, 2.05) is 54.6 Å². The number of fused-ring (bicyclic) bond motifs is 1. The maximum absolute atomic E-state index is 13.3. The number of benzene rings is 2. The SMILES string of the molecule is COC(=O)c1ccc[n+](C2C(=O)N(c3ccccc3)c3ccccc32)c1.[Br-]. The molecular formula is C21H17BrN2O3. The Morgan fingerprint density at radius 3 is 2.44 bits per heavy atom. The van der Waals surface area contributed by atoms with Gasteiger partial charge in [-0.3, -0.25) is 9.69 Å². The number of aromatic nitrogens is 1. The number of hydrogen-bond acceptors (Lipinski definition) is 3.